The van der Waals surface area contributed by atoms with Gasteiger partial charge in [-0.2, -0.15) is 0 Å². The number of carbonyl (C=O) groups is 2. The molecular formula is C22H42IN5O4. The molecule has 10 heteroatoms. The van der Waals surface area contributed by atoms with E-state index in [9.17, 15) is 9.59 Å². The minimum absolute atomic E-state index is 0. The molecule has 0 aromatic heterocycles. The van der Waals surface area contributed by atoms with E-state index in [2.05, 4.69) is 22.5 Å². The van der Waals surface area contributed by atoms with Crippen molar-refractivity contribution in [3.8, 4) is 0 Å². The zero-order chi connectivity index (χ0) is 22.9. The third-order valence-corrected chi connectivity index (χ3v) is 5.25. The SMILES string of the molecule is CCCC(CN=C(NCC)N1CCN(C(=O)C2CCCO2)CC1)NC(=O)OC(C)(C)C.I. The fourth-order valence-electron chi connectivity index (χ4n) is 3.77. The summed E-state index contributed by atoms with van der Waals surface area (Å²) in [5, 5.41) is 6.29. The minimum Gasteiger partial charge on any atom is -0.444 e. The lowest BCUT2D eigenvalue weighted by Gasteiger charge is -2.37. The first-order valence-corrected chi connectivity index (χ1v) is 11.7. The molecule has 0 aromatic carbocycles. The van der Waals surface area contributed by atoms with Gasteiger partial charge in [-0.25, -0.2) is 4.79 Å². The molecule has 2 aliphatic heterocycles. The van der Waals surface area contributed by atoms with Crippen molar-refractivity contribution in [3.05, 3.63) is 0 Å². The molecule has 2 saturated heterocycles. The van der Waals surface area contributed by atoms with Crippen molar-refractivity contribution in [1.82, 2.24) is 20.4 Å². The van der Waals surface area contributed by atoms with Gasteiger partial charge in [0.25, 0.3) is 5.91 Å². The molecule has 2 N–H and O–H groups in total. The Balaban J connectivity index is 0.00000512. The van der Waals surface area contributed by atoms with Crippen molar-refractivity contribution in [1.29, 1.82) is 0 Å². The average Bonchev–Trinajstić information content (AvgIpc) is 3.24. The quantitative estimate of drug-likeness (QED) is 0.279. The van der Waals surface area contributed by atoms with Crippen molar-refractivity contribution in [2.45, 2.75) is 78.0 Å². The van der Waals surface area contributed by atoms with Crippen molar-refractivity contribution in [2.75, 3.05) is 45.9 Å². The van der Waals surface area contributed by atoms with E-state index >= 15 is 0 Å². The Morgan fingerprint density at radius 1 is 1.16 bits per heavy atom. The van der Waals surface area contributed by atoms with E-state index in [1.807, 2.05) is 32.6 Å². The molecule has 0 aromatic rings. The normalized spacial score (nSPS) is 20.4. The molecule has 2 aliphatic rings. The van der Waals surface area contributed by atoms with E-state index in [0.29, 0.717) is 26.2 Å². The average molecular weight is 568 g/mol. The Hall–Kier alpha value is -1.30. The van der Waals surface area contributed by atoms with Crippen LogP contribution >= 0.6 is 24.0 Å². The summed E-state index contributed by atoms with van der Waals surface area (Å²) in [5.41, 5.74) is -0.528. The van der Waals surface area contributed by atoms with E-state index in [-0.39, 0.29) is 42.0 Å². The van der Waals surface area contributed by atoms with Gasteiger partial charge in [0.15, 0.2) is 5.96 Å². The summed E-state index contributed by atoms with van der Waals surface area (Å²) < 4.78 is 10.9. The molecule has 2 atom stereocenters. The lowest BCUT2D eigenvalue weighted by molar-refractivity contribution is -0.142. The number of hydrogen-bond acceptors (Lipinski definition) is 5. The maximum absolute atomic E-state index is 12.6. The number of nitrogens with zero attached hydrogens (tertiary/aromatic N) is 3. The first-order chi connectivity index (χ1) is 14.7. The summed E-state index contributed by atoms with van der Waals surface area (Å²) >= 11 is 0. The molecule has 0 saturated carbocycles. The van der Waals surface area contributed by atoms with Crippen LogP contribution in [0.1, 0.15) is 60.3 Å². The van der Waals surface area contributed by atoms with Gasteiger partial charge < -0.3 is 29.9 Å². The summed E-state index contributed by atoms with van der Waals surface area (Å²) in [6.45, 7) is 14.4. The summed E-state index contributed by atoms with van der Waals surface area (Å²) in [7, 11) is 0. The van der Waals surface area contributed by atoms with Gasteiger partial charge in [-0.05, 0) is 47.0 Å². The third-order valence-electron chi connectivity index (χ3n) is 5.25. The zero-order valence-electron chi connectivity index (χ0n) is 20.3. The van der Waals surface area contributed by atoms with E-state index < -0.39 is 11.7 Å². The highest BCUT2D eigenvalue weighted by Crippen LogP contribution is 2.16. The van der Waals surface area contributed by atoms with Crippen LogP contribution in [-0.2, 0) is 14.3 Å². The molecule has 32 heavy (non-hydrogen) atoms. The van der Waals surface area contributed by atoms with Gasteiger partial charge in [0.1, 0.15) is 11.7 Å². The molecule has 0 aliphatic carbocycles. The van der Waals surface area contributed by atoms with Crippen LogP contribution in [0.2, 0.25) is 0 Å². The lowest BCUT2D eigenvalue weighted by Crippen LogP contribution is -2.55. The number of aliphatic imine (C=N–C) groups is 1. The molecule has 2 unspecified atom stereocenters. The first-order valence-electron chi connectivity index (χ1n) is 11.7. The highest BCUT2D eigenvalue weighted by molar-refractivity contribution is 14.0. The van der Waals surface area contributed by atoms with Gasteiger partial charge in [0.2, 0.25) is 0 Å². The summed E-state index contributed by atoms with van der Waals surface area (Å²) in [6.07, 6.45) is 2.88. The molecule has 186 valence electrons. The Labute approximate surface area is 210 Å². The molecule has 0 radical (unpaired) electrons. The van der Waals surface area contributed by atoms with Crippen LogP contribution in [0.5, 0.6) is 0 Å². The van der Waals surface area contributed by atoms with Crippen molar-refractivity contribution in [2.24, 2.45) is 4.99 Å². The predicted octanol–water partition coefficient (Wildman–Crippen LogP) is 2.59. The van der Waals surface area contributed by atoms with E-state index in [4.69, 9.17) is 14.5 Å². The molecule has 9 nitrogen and oxygen atoms in total. The number of piperazine rings is 1. The molecule has 2 heterocycles. The maximum Gasteiger partial charge on any atom is 0.407 e. The number of halogens is 1. The number of amides is 2. The Morgan fingerprint density at radius 2 is 1.81 bits per heavy atom. The number of ether oxygens (including phenoxy) is 2. The highest BCUT2D eigenvalue weighted by atomic mass is 127. The fourth-order valence-corrected chi connectivity index (χ4v) is 3.77. The first kappa shape index (κ1) is 28.7. The Morgan fingerprint density at radius 3 is 2.34 bits per heavy atom. The van der Waals surface area contributed by atoms with Gasteiger partial charge in [-0.1, -0.05) is 13.3 Å². The van der Waals surface area contributed by atoms with Crippen LogP contribution in [-0.4, -0.2) is 91.4 Å². The van der Waals surface area contributed by atoms with E-state index in [1.54, 1.807) is 0 Å². The fraction of sp³-hybridized carbons (Fsp3) is 0.864. The molecule has 2 amide bonds. The van der Waals surface area contributed by atoms with Gasteiger partial charge in [0.05, 0.1) is 12.6 Å². The summed E-state index contributed by atoms with van der Waals surface area (Å²) in [6, 6.07) is -0.0871. The predicted molar refractivity (Wildman–Crippen MR) is 137 cm³/mol. The van der Waals surface area contributed by atoms with Gasteiger partial charge in [-0.15, -0.1) is 24.0 Å². The molecular weight excluding hydrogens is 525 g/mol. The number of guanidine groups is 1. The van der Waals surface area contributed by atoms with Crippen LogP contribution in [0.4, 0.5) is 4.79 Å². The van der Waals surface area contributed by atoms with E-state index in [0.717, 1.165) is 51.3 Å². The van der Waals surface area contributed by atoms with Crippen LogP contribution in [0.25, 0.3) is 0 Å². The highest BCUT2D eigenvalue weighted by Gasteiger charge is 2.31. The smallest absolute Gasteiger partial charge is 0.407 e. The van der Waals surface area contributed by atoms with Crippen molar-refractivity contribution in [3.63, 3.8) is 0 Å². The van der Waals surface area contributed by atoms with E-state index in [1.165, 1.54) is 0 Å². The Bertz CT molecular complexity index is 612. The summed E-state index contributed by atoms with van der Waals surface area (Å²) in [4.78, 5) is 33.6. The van der Waals surface area contributed by atoms with Gasteiger partial charge in [0, 0.05) is 39.3 Å². The molecule has 2 rings (SSSR count). The largest absolute Gasteiger partial charge is 0.444 e. The van der Waals surface area contributed by atoms with Crippen molar-refractivity contribution >= 4 is 41.9 Å². The molecule has 0 bridgehead atoms. The topological polar surface area (TPSA) is 95.5 Å². The lowest BCUT2D eigenvalue weighted by atomic mass is 10.1. The zero-order valence-corrected chi connectivity index (χ0v) is 22.6. The minimum atomic E-state index is -0.528. The Kier molecular flexibility index (Phi) is 12.6. The van der Waals surface area contributed by atoms with Crippen LogP contribution in [0.15, 0.2) is 4.99 Å². The number of rotatable bonds is 7. The molecule has 2 fully saturated rings. The van der Waals surface area contributed by atoms with Gasteiger partial charge >= 0.3 is 6.09 Å². The standard InChI is InChI=1S/C22H41N5O4.HI/c1-6-9-17(25-21(29)31-22(3,4)5)16-24-20(23-7-2)27-13-11-26(12-14-27)19(28)18-10-8-15-30-18;/h17-18H,6-16H2,1-5H3,(H,23,24)(H,25,29);1H. The van der Waals surface area contributed by atoms with Crippen molar-refractivity contribution < 1.29 is 19.1 Å². The van der Waals surface area contributed by atoms with Crippen LogP contribution in [0, 0.1) is 0 Å². The van der Waals surface area contributed by atoms with Crippen LogP contribution < -0.4 is 10.6 Å². The number of carbonyl (C=O) groups excluding carboxylic acids is 2. The number of alkyl carbamates (subject to hydrolysis) is 1. The van der Waals surface area contributed by atoms with Crippen LogP contribution in [0.3, 0.4) is 0 Å². The summed E-state index contributed by atoms with van der Waals surface area (Å²) in [5.74, 6) is 0.933. The second-order valence-electron chi connectivity index (χ2n) is 9.14. The maximum atomic E-state index is 12.6. The number of hydrogen-bond donors (Lipinski definition) is 2. The second-order valence-corrected chi connectivity index (χ2v) is 9.14. The molecule has 0 spiro atoms. The van der Waals surface area contributed by atoms with Gasteiger partial charge in [-0.3, -0.25) is 9.79 Å². The third kappa shape index (κ3) is 9.68. The second kappa shape index (κ2) is 14.1. The monoisotopic (exact) mass is 567 g/mol. The number of nitrogens with one attached hydrogen (secondary N) is 2.